The molecule has 0 saturated carbocycles. The van der Waals surface area contributed by atoms with Crippen LogP contribution in [0.4, 0.5) is 0 Å². The molecule has 98 valence electrons. The molecular weight excluding hydrogens is 218 g/mol. The first kappa shape index (κ1) is 15.6. The second kappa shape index (κ2) is 12.6. The van der Waals surface area contributed by atoms with E-state index in [2.05, 4.69) is 17.2 Å². The molecule has 0 saturated heterocycles. The zero-order valence-corrected chi connectivity index (χ0v) is 10.7. The number of rotatable bonds is 7. The van der Waals surface area contributed by atoms with Crippen LogP contribution in [0.25, 0.3) is 0 Å². The largest absolute Gasteiger partial charge is 0.465 e. The molecule has 0 spiro atoms. The number of hydrogen-bond acceptors (Lipinski definition) is 4. The Kier molecular flexibility index (Phi) is 11.5. The number of hydroxylamine groups is 1. The molecule has 0 bridgehead atoms. The highest BCUT2D eigenvalue weighted by Crippen LogP contribution is 2.08. The van der Waals surface area contributed by atoms with Gasteiger partial charge in [0, 0.05) is 6.20 Å². The summed E-state index contributed by atoms with van der Waals surface area (Å²) in [6.45, 7) is 4.77. The molecule has 1 rings (SSSR count). The minimum Gasteiger partial charge on any atom is -0.465 e. The van der Waals surface area contributed by atoms with E-state index in [9.17, 15) is 4.79 Å². The fraction of sp³-hybridized carbons (Fsp3) is 0.615. The lowest BCUT2D eigenvalue weighted by Gasteiger charge is -2.11. The number of unbranched alkanes of at least 4 members (excludes halogenated alkanes) is 2. The van der Waals surface area contributed by atoms with E-state index in [0.717, 1.165) is 12.8 Å². The smallest absolute Gasteiger partial charge is 0.293 e. The zero-order chi connectivity index (χ0) is 12.8. The summed E-state index contributed by atoms with van der Waals surface area (Å²) >= 11 is 0. The number of carbonyl (C=O) groups excluding carboxylic acids is 1. The van der Waals surface area contributed by atoms with Crippen molar-refractivity contribution in [3.05, 3.63) is 24.6 Å². The number of ether oxygens (including phenoxy) is 1. The van der Waals surface area contributed by atoms with Crippen molar-refractivity contribution >= 4 is 6.47 Å². The van der Waals surface area contributed by atoms with E-state index in [-0.39, 0.29) is 6.10 Å². The van der Waals surface area contributed by atoms with E-state index in [1.54, 1.807) is 18.5 Å². The van der Waals surface area contributed by atoms with E-state index in [1.165, 1.54) is 19.3 Å². The molecule has 1 atom stereocenters. The molecule has 0 fully saturated rings. The summed E-state index contributed by atoms with van der Waals surface area (Å²) in [6.07, 6.45) is 12.7. The minimum absolute atomic E-state index is 0.152. The zero-order valence-electron chi connectivity index (χ0n) is 10.7. The average Bonchev–Trinajstić information content (AvgIpc) is 2.41. The highest BCUT2D eigenvalue weighted by atomic mass is 16.6. The number of carbonyl (C=O) groups is 1. The third kappa shape index (κ3) is 10.8. The van der Waals surface area contributed by atoms with E-state index in [0.29, 0.717) is 6.47 Å². The standard InChI is InChI=1S/C9H18O2.C4H5NO/c1-3-5-6-7-9(4-2)11-8-10;1-2-4-6-5-3-1/h8-9H,3-7H2,1-2H3;1-5H. The van der Waals surface area contributed by atoms with Gasteiger partial charge in [0.05, 0.1) is 0 Å². The molecule has 1 aliphatic heterocycles. The Morgan fingerprint density at radius 1 is 1.35 bits per heavy atom. The summed E-state index contributed by atoms with van der Waals surface area (Å²) in [6, 6.07) is 0. The Labute approximate surface area is 104 Å². The maximum atomic E-state index is 9.98. The van der Waals surface area contributed by atoms with Crippen LogP contribution in [0.15, 0.2) is 24.6 Å². The predicted molar refractivity (Wildman–Crippen MR) is 67.9 cm³/mol. The molecule has 0 aromatic heterocycles. The van der Waals surface area contributed by atoms with Crippen LogP contribution in [-0.2, 0) is 14.4 Å². The highest BCUT2D eigenvalue weighted by molar-refractivity contribution is 5.37. The quantitative estimate of drug-likeness (QED) is 0.549. The number of nitrogens with one attached hydrogen (secondary N) is 1. The molecule has 4 heteroatoms. The van der Waals surface area contributed by atoms with Crippen molar-refractivity contribution < 1.29 is 14.4 Å². The normalized spacial score (nSPS) is 13.8. The van der Waals surface area contributed by atoms with Gasteiger partial charge in [-0.3, -0.25) is 4.79 Å². The maximum Gasteiger partial charge on any atom is 0.293 e. The molecule has 0 aromatic rings. The molecule has 0 aliphatic carbocycles. The van der Waals surface area contributed by atoms with Crippen molar-refractivity contribution in [3.63, 3.8) is 0 Å². The van der Waals surface area contributed by atoms with Gasteiger partial charge in [-0.2, -0.15) is 0 Å². The van der Waals surface area contributed by atoms with E-state index < -0.39 is 0 Å². The lowest BCUT2D eigenvalue weighted by Crippen LogP contribution is -2.10. The molecule has 1 heterocycles. The second-order valence-corrected chi connectivity index (χ2v) is 3.68. The van der Waals surface area contributed by atoms with Crippen molar-refractivity contribution in [2.75, 3.05) is 0 Å². The Morgan fingerprint density at radius 2 is 2.18 bits per heavy atom. The van der Waals surface area contributed by atoms with Crippen LogP contribution in [0.3, 0.4) is 0 Å². The molecule has 4 nitrogen and oxygen atoms in total. The predicted octanol–water partition coefficient (Wildman–Crippen LogP) is 3.07. The van der Waals surface area contributed by atoms with E-state index in [4.69, 9.17) is 4.74 Å². The fourth-order valence-electron chi connectivity index (χ4n) is 1.33. The van der Waals surface area contributed by atoms with Crippen LogP contribution in [0.5, 0.6) is 0 Å². The van der Waals surface area contributed by atoms with Crippen molar-refractivity contribution in [1.82, 2.24) is 5.48 Å². The van der Waals surface area contributed by atoms with Gasteiger partial charge in [0.15, 0.2) is 0 Å². The molecule has 1 N–H and O–H groups in total. The van der Waals surface area contributed by atoms with Crippen molar-refractivity contribution in [2.45, 2.75) is 52.1 Å². The first-order chi connectivity index (χ1) is 8.35. The summed E-state index contributed by atoms with van der Waals surface area (Å²) in [5.41, 5.74) is 2.52. The average molecular weight is 241 g/mol. The fourth-order valence-corrected chi connectivity index (χ4v) is 1.33. The van der Waals surface area contributed by atoms with E-state index >= 15 is 0 Å². The Bertz CT molecular complexity index is 215. The maximum absolute atomic E-state index is 9.98. The second-order valence-electron chi connectivity index (χ2n) is 3.68. The van der Waals surface area contributed by atoms with Crippen LogP contribution < -0.4 is 5.48 Å². The van der Waals surface area contributed by atoms with E-state index in [1.807, 2.05) is 13.0 Å². The number of allylic oxidation sites excluding steroid dienone is 2. The SMILES string of the molecule is C1=CNOC=C1.CCCCCC(CC)OC=O. The van der Waals surface area contributed by atoms with Crippen LogP contribution >= 0.6 is 0 Å². The van der Waals surface area contributed by atoms with Crippen molar-refractivity contribution in [1.29, 1.82) is 0 Å². The molecular formula is C13H23NO3. The summed E-state index contributed by atoms with van der Waals surface area (Å²) in [5.74, 6) is 0. The summed E-state index contributed by atoms with van der Waals surface area (Å²) in [4.78, 5) is 14.5. The number of hydrogen-bond donors (Lipinski definition) is 1. The Morgan fingerprint density at radius 3 is 2.53 bits per heavy atom. The monoisotopic (exact) mass is 241 g/mol. The van der Waals surface area contributed by atoms with Crippen LogP contribution in [0.2, 0.25) is 0 Å². The first-order valence-electron chi connectivity index (χ1n) is 6.17. The van der Waals surface area contributed by atoms with Gasteiger partial charge in [-0.15, -0.1) is 0 Å². The summed E-state index contributed by atoms with van der Waals surface area (Å²) in [5, 5.41) is 0. The van der Waals surface area contributed by atoms with Crippen molar-refractivity contribution in [2.24, 2.45) is 0 Å². The molecule has 1 aliphatic rings. The van der Waals surface area contributed by atoms with Crippen molar-refractivity contribution in [3.8, 4) is 0 Å². The van der Waals surface area contributed by atoms with Crippen LogP contribution in [0, 0.1) is 0 Å². The highest BCUT2D eigenvalue weighted by Gasteiger charge is 2.04. The molecule has 0 amide bonds. The topological polar surface area (TPSA) is 47.6 Å². The molecule has 17 heavy (non-hydrogen) atoms. The third-order valence-electron chi connectivity index (χ3n) is 2.32. The lowest BCUT2D eigenvalue weighted by atomic mass is 10.1. The first-order valence-corrected chi connectivity index (χ1v) is 6.17. The van der Waals surface area contributed by atoms with Gasteiger partial charge in [0.2, 0.25) is 0 Å². The minimum atomic E-state index is 0.152. The Balaban J connectivity index is 0.000000354. The molecule has 0 aromatic carbocycles. The lowest BCUT2D eigenvalue weighted by molar-refractivity contribution is -0.134. The van der Waals surface area contributed by atoms with Gasteiger partial charge in [-0.05, 0) is 31.4 Å². The van der Waals surface area contributed by atoms with Gasteiger partial charge < -0.3 is 9.57 Å². The molecule has 0 radical (unpaired) electrons. The van der Waals surface area contributed by atoms with Gasteiger partial charge in [-0.25, -0.2) is 5.48 Å². The summed E-state index contributed by atoms with van der Waals surface area (Å²) < 4.78 is 4.86. The summed E-state index contributed by atoms with van der Waals surface area (Å²) in [7, 11) is 0. The van der Waals surface area contributed by atoms with Gasteiger partial charge in [0.1, 0.15) is 12.4 Å². The Hall–Kier alpha value is -1.45. The van der Waals surface area contributed by atoms with Gasteiger partial charge >= 0.3 is 0 Å². The van der Waals surface area contributed by atoms with Gasteiger partial charge in [-0.1, -0.05) is 26.7 Å². The van der Waals surface area contributed by atoms with Crippen LogP contribution in [-0.4, -0.2) is 12.6 Å². The van der Waals surface area contributed by atoms with Crippen LogP contribution in [0.1, 0.15) is 46.0 Å². The third-order valence-corrected chi connectivity index (χ3v) is 2.32. The molecule has 1 unspecified atom stereocenters. The van der Waals surface area contributed by atoms with Gasteiger partial charge in [0.25, 0.3) is 6.47 Å².